The summed E-state index contributed by atoms with van der Waals surface area (Å²) in [6.45, 7) is 2.50. The summed E-state index contributed by atoms with van der Waals surface area (Å²) in [5.74, 6) is 0.988. The minimum atomic E-state index is -0.715. The second-order valence-corrected chi connectivity index (χ2v) is 7.22. The number of amides is 2. The van der Waals surface area contributed by atoms with Crippen LogP contribution in [0.5, 0.6) is 5.75 Å². The van der Waals surface area contributed by atoms with E-state index in [9.17, 15) is 9.59 Å². The van der Waals surface area contributed by atoms with Crippen molar-refractivity contribution >= 4 is 11.8 Å². The quantitative estimate of drug-likeness (QED) is 0.834. The van der Waals surface area contributed by atoms with Gasteiger partial charge in [0, 0.05) is 12.5 Å². The first-order chi connectivity index (χ1) is 12.1. The Morgan fingerprint density at radius 2 is 2.00 bits per heavy atom. The zero-order valence-corrected chi connectivity index (χ0v) is 15.1. The predicted octanol–water partition coefficient (Wildman–Crippen LogP) is 2.75. The molecule has 2 amide bonds. The minimum Gasteiger partial charge on any atom is -0.497 e. The van der Waals surface area contributed by atoms with E-state index < -0.39 is 5.54 Å². The molecule has 1 aromatic carbocycles. The molecule has 2 N–H and O–H groups in total. The van der Waals surface area contributed by atoms with Crippen molar-refractivity contribution in [3.05, 3.63) is 29.8 Å². The molecule has 0 aliphatic heterocycles. The molecule has 2 aliphatic carbocycles. The Morgan fingerprint density at radius 3 is 2.68 bits per heavy atom. The minimum absolute atomic E-state index is 0.0148. The first kappa shape index (κ1) is 17.8. The molecular weight excluding hydrogens is 316 g/mol. The standard InChI is InChI=1S/C20H28N2O3/c1-3-21-19(24)20(10-5-4-6-11-20)22-18(23)17-13-16(17)14-8-7-9-15(12-14)25-2/h7-9,12,16-17H,3-6,10-11,13H2,1-2H3,(H,21,24)(H,22,23)/t16-,17+/m1/s1. The van der Waals surface area contributed by atoms with Crippen LogP contribution >= 0.6 is 0 Å². The molecule has 5 nitrogen and oxygen atoms in total. The van der Waals surface area contributed by atoms with Crippen LogP contribution in [0.1, 0.15) is 56.9 Å². The second kappa shape index (κ2) is 7.46. The van der Waals surface area contributed by atoms with E-state index in [0.29, 0.717) is 6.54 Å². The lowest BCUT2D eigenvalue weighted by Gasteiger charge is -2.36. The Bertz CT molecular complexity index is 638. The van der Waals surface area contributed by atoms with Gasteiger partial charge in [0.2, 0.25) is 11.8 Å². The smallest absolute Gasteiger partial charge is 0.245 e. The van der Waals surface area contributed by atoms with Crippen LogP contribution in [0.4, 0.5) is 0 Å². The molecule has 0 radical (unpaired) electrons. The van der Waals surface area contributed by atoms with Crippen molar-refractivity contribution in [3.63, 3.8) is 0 Å². The number of likely N-dealkylation sites (N-methyl/N-ethyl adjacent to an activating group) is 1. The van der Waals surface area contributed by atoms with Crippen molar-refractivity contribution in [1.29, 1.82) is 0 Å². The van der Waals surface area contributed by atoms with Crippen molar-refractivity contribution in [3.8, 4) is 5.75 Å². The molecule has 2 fully saturated rings. The van der Waals surface area contributed by atoms with E-state index in [0.717, 1.165) is 49.8 Å². The van der Waals surface area contributed by atoms with E-state index >= 15 is 0 Å². The van der Waals surface area contributed by atoms with Gasteiger partial charge < -0.3 is 15.4 Å². The lowest BCUT2D eigenvalue weighted by atomic mass is 9.80. The zero-order valence-electron chi connectivity index (χ0n) is 15.1. The number of carbonyl (C=O) groups excluding carboxylic acids is 2. The molecule has 0 aromatic heterocycles. The number of benzene rings is 1. The summed E-state index contributed by atoms with van der Waals surface area (Å²) in [5.41, 5.74) is 0.419. The predicted molar refractivity (Wildman–Crippen MR) is 96.5 cm³/mol. The maximum atomic E-state index is 12.8. The molecule has 2 aliphatic rings. The largest absolute Gasteiger partial charge is 0.497 e. The molecule has 0 heterocycles. The highest BCUT2D eigenvalue weighted by Gasteiger charge is 2.48. The van der Waals surface area contributed by atoms with Gasteiger partial charge in [0.25, 0.3) is 0 Å². The third kappa shape index (κ3) is 3.80. The number of hydrogen-bond donors (Lipinski definition) is 2. The molecule has 0 saturated heterocycles. The van der Waals surface area contributed by atoms with Gasteiger partial charge in [0.05, 0.1) is 7.11 Å². The number of carbonyl (C=O) groups is 2. The van der Waals surface area contributed by atoms with Gasteiger partial charge >= 0.3 is 0 Å². The lowest BCUT2D eigenvalue weighted by molar-refractivity contribution is -0.135. The van der Waals surface area contributed by atoms with E-state index in [1.54, 1.807) is 7.11 Å². The van der Waals surface area contributed by atoms with Gasteiger partial charge in [-0.15, -0.1) is 0 Å². The molecule has 1 aromatic rings. The lowest BCUT2D eigenvalue weighted by Crippen LogP contribution is -2.60. The topological polar surface area (TPSA) is 67.4 Å². The average molecular weight is 344 g/mol. The Hall–Kier alpha value is -2.04. The van der Waals surface area contributed by atoms with E-state index in [1.165, 1.54) is 0 Å². The Balaban J connectivity index is 1.67. The maximum Gasteiger partial charge on any atom is 0.245 e. The third-order valence-corrected chi connectivity index (χ3v) is 5.49. The average Bonchev–Trinajstić information content (AvgIpc) is 3.44. The SMILES string of the molecule is CCNC(=O)C1(NC(=O)[C@H]2C[C@@H]2c2cccc(OC)c2)CCCCC1. The maximum absolute atomic E-state index is 12.8. The van der Waals surface area contributed by atoms with Crippen molar-refractivity contribution < 1.29 is 14.3 Å². The Morgan fingerprint density at radius 1 is 1.24 bits per heavy atom. The van der Waals surface area contributed by atoms with Gasteiger partial charge in [0.15, 0.2) is 0 Å². The summed E-state index contributed by atoms with van der Waals surface area (Å²) in [5, 5.41) is 6.03. The number of nitrogens with one attached hydrogen (secondary N) is 2. The van der Waals surface area contributed by atoms with Gasteiger partial charge in [0.1, 0.15) is 11.3 Å². The first-order valence-corrected chi connectivity index (χ1v) is 9.34. The van der Waals surface area contributed by atoms with Crippen LogP contribution in [0, 0.1) is 5.92 Å². The number of ether oxygens (including phenoxy) is 1. The summed E-state index contributed by atoms with van der Waals surface area (Å²) in [7, 11) is 1.65. The molecule has 0 bridgehead atoms. The van der Waals surface area contributed by atoms with Crippen LogP contribution in [0.15, 0.2) is 24.3 Å². The van der Waals surface area contributed by atoms with Crippen molar-refractivity contribution in [2.24, 2.45) is 5.92 Å². The summed E-state index contributed by atoms with van der Waals surface area (Å²) >= 11 is 0. The van der Waals surface area contributed by atoms with Crippen LogP contribution in [0.2, 0.25) is 0 Å². The molecule has 3 rings (SSSR count). The van der Waals surface area contributed by atoms with Gasteiger partial charge in [-0.1, -0.05) is 31.4 Å². The molecule has 5 heteroatoms. The van der Waals surface area contributed by atoms with E-state index in [4.69, 9.17) is 4.74 Å². The summed E-state index contributed by atoms with van der Waals surface area (Å²) in [4.78, 5) is 25.4. The fourth-order valence-corrected chi connectivity index (χ4v) is 3.95. The molecule has 25 heavy (non-hydrogen) atoms. The molecule has 0 spiro atoms. The highest BCUT2D eigenvalue weighted by Crippen LogP contribution is 2.48. The molecular formula is C20H28N2O3. The van der Waals surface area contributed by atoms with Gasteiger partial charge in [-0.25, -0.2) is 0 Å². The second-order valence-electron chi connectivity index (χ2n) is 7.22. The summed E-state index contributed by atoms with van der Waals surface area (Å²) < 4.78 is 5.27. The normalized spacial score (nSPS) is 24.2. The fourth-order valence-electron chi connectivity index (χ4n) is 3.95. The van der Waals surface area contributed by atoms with E-state index in [2.05, 4.69) is 10.6 Å². The van der Waals surface area contributed by atoms with Crippen LogP contribution in [0.25, 0.3) is 0 Å². The van der Waals surface area contributed by atoms with Crippen LogP contribution < -0.4 is 15.4 Å². The third-order valence-electron chi connectivity index (χ3n) is 5.49. The number of rotatable bonds is 6. The molecule has 0 unspecified atom stereocenters. The Kier molecular flexibility index (Phi) is 5.30. The highest BCUT2D eigenvalue weighted by atomic mass is 16.5. The summed E-state index contributed by atoms with van der Waals surface area (Å²) in [6.07, 6.45) is 5.42. The number of methoxy groups -OCH3 is 1. The van der Waals surface area contributed by atoms with Crippen LogP contribution in [-0.4, -0.2) is 31.0 Å². The number of hydrogen-bond acceptors (Lipinski definition) is 3. The first-order valence-electron chi connectivity index (χ1n) is 9.34. The molecule has 2 atom stereocenters. The Labute approximate surface area is 149 Å². The van der Waals surface area contributed by atoms with E-state index in [-0.39, 0.29) is 23.7 Å². The molecule has 2 saturated carbocycles. The fraction of sp³-hybridized carbons (Fsp3) is 0.600. The van der Waals surface area contributed by atoms with Crippen LogP contribution in [0.3, 0.4) is 0 Å². The van der Waals surface area contributed by atoms with E-state index in [1.807, 2.05) is 31.2 Å². The zero-order chi connectivity index (χ0) is 17.9. The monoisotopic (exact) mass is 344 g/mol. The highest BCUT2D eigenvalue weighted by molar-refractivity contribution is 5.93. The van der Waals surface area contributed by atoms with Crippen molar-refractivity contribution in [2.75, 3.05) is 13.7 Å². The van der Waals surface area contributed by atoms with Crippen molar-refractivity contribution in [2.45, 2.75) is 56.9 Å². The molecule has 136 valence electrons. The van der Waals surface area contributed by atoms with Crippen LogP contribution in [-0.2, 0) is 9.59 Å². The van der Waals surface area contributed by atoms with Gasteiger partial charge in [-0.3, -0.25) is 9.59 Å². The van der Waals surface area contributed by atoms with Gasteiger partial charge in [-0.05, 0) is 49.8 Å². The van der Waals surface area contributed by atoms with Gasteiger partial charge in [-0.2, -0.15) is 0 Å². The van der Waals surface area contributed by atoms with Crippen molar-refractivity contribution in [1.82, 2.24) is 10.6 Å². The summed E-state index contributed by atoms with van der Waals surface area (Å²) in [6, 6.07) is 7.91.